The summed E-state index contributed by atoms with van der Waals surface area (Å²) < 4.78 is 5.69. The van der Waals surface area contributed by atoms with E-state index in [0.717, 1.165) is 26.8 Å². The summed E-state index contributed by atoms with van der Waals surface area (Å²) in [6.45, 7) is 4.47. The van der Waals surface area contributed by atoms with Crippen molar-refractivity contribution < 1.29 is 9.84 Å². The van der Waals surface area contributed by atoms with Gasteiger partial charge in [-0.25, -0.2) is 4.98 Å². The number of hydrogen-bond acceptors (Lipinski definition) is 4. The van der Waals surface area contributed by atoms with Gasteiger partial charge in [-0.05, 0) is 19.9 Å². The number of aromatic nitrogens is 1. The maximum atomic E-state index is 9.25. The van der Waals surface area contributed by atoms with Gasteiger partial charge in [-0.2, -0.15) is 0 Å². The average molecular weight is 249 g/mol. The highest BCUT2D eigenvalue weighted by atomic mass is 32.1. The van der Waals surface area contributed by atoms with Gasteiger partial charge < -0.3 is 9.84 Å². The van der Waals surface area contributed by atoms with Crippen LogP contribution in [0.1, 0.15) is 21.0 Å². The van der Waals surface area contributed by atoms with Crippen LogP contribution in [0.25, 0.3) is 0 Å². The molecule has 0 spiro atoms. The number of aliphatic hydroxyl groups is 1. The zero-order valence-corrected chi connectivity index (χ0v) is 10.8. The van der Waals surface area contributed by atoms with E-state index >= 15 is 0 Å². The van der Waals surface area contributed by atoms with E-state index in [4.69, 9.17) is 4.74 Å². The van der Waals surface area contributed by atoms with E-state index in [1.165, 1.54) is 0 Å². The lowest BCUT2D eigenvalue weighted by atomic mass is 10.1. The van der Waals surface area contributed by atoms with E-state index in [0.29, 0.717) is 6.61 Å². The second-order valence-corrected chi connectivity index (χ2v) is 5.22. The van der Waals surface area contributed by atoms with Crippen LogP contribution in [0.5, 0.6) is 5.75 Å². The molecule has 90 valence electrons. The van der Waals surface area contributed by atoms with Gasteiger partial charge in [-0.3, -0.25) is 0 Å². The van der Waals surface area contributed by atoms with Crippen LogP contribution in [-0.4, -0.2) is 10.1 Å². The second kappa shape index (κ2) is 5.29. The van der Waals surface area contributed by atoms with Crippen LogP contribution in [0.3, 0.4) is 0 Å². The molecule has 1 aromatic carbocycles. The van der Waals surface area contributed by atoms with Crippen LogP contribution in [0, 0.1) is 13.8 Å². The van der Waals surface area contributed by atoms with Crippen molar-refractivity contribution >= 4 is 11.3 Å². The summed E-state index contributed by atoms with van der Waals surface area (Å²) >= 11 is 1.62. The van der Waals surface area contributed by atoms with Gasteiger partial charge in [0, 0.05) is 11.8 Å². The highest BCUT2D eigenvalue weighted by Gasteiger charge is 2.05. The minimum absolute atomic E-state index is 0.00126. The van der Waals surface area contributed by atoms with Crippen molar-refractivity contribution in [1.29, 1.82) is 0 Å². The van der Waals surface area contributed by atoms with Crippen molar-refractivity contribution in [1.82, 2.24) is 4.98 Å². The summed E-state index contributed by atoms with van der Waals surface area (Å²) in [5.41, 5.74) is 1.95. The fraction of sp³-hybridized carbons (Fsp3) is 0.308. The highest BCUT2D eigenvalue weighted by molar-refractivity contribution is 7.11. The third-order valence-corrected chi connectivity index (χ3v) is 3.31. The number of nitrogens with zero attached hydrogens (tertiary/aromatic N) is 1. The molecule has 1 heterocycles. The molecule has 17 heavy (non-hydrogen) atoms. The van der Waals surface area contributed by atoms with Crippen molar-refractivity contribution in [3.8, 4) is 5.75 Å². The number of hydrogen-bond donors (Lipinski definition) is 1. The SMILES string of the molecule is Cc1ccc(OCc2cnc(C)s2)c(CO)c1. The van der Waals surface area contributed by atoms with Gasteiger partial charge in [-0.1, -0.05) is 17.7 Å². The van der Waals surface area contributed by atoms with Gasteiger partial charge >= 0.3 is 0 Å². The van der Waals surface area contributed by atoms with Crippen LogP contribution in [0.15, 0.2) is 24.4 Å². The minimum atomic E-state index is -0.00126. The maximum absolute atomic E-state index is 9.25. The Balaban J connectivity index is 2.08. The van der Waals surface area contributed by atoms with Crippen molar-refractivity contribution in [2.45, 2.75) is 27.1 Å². The van der Waals surface area contributed by atoms with Gasteiger partial charge in [-0.15, -0.1) is 11.3 Å². The van der Waals surface area contributed by atoms with Crippen LogP contribution in [-0.2, 0) is 13.2 Å². The minimum Gasteiger partial charge on any atom is -0.488 e. The molecule has 0 radical (unpaired) electrons. The largest absolute Gasteiger partial charge is 0.488 e. The van der Waals surface area contributed by atoms with Crippen molar-refractivity contribution in [3.63, 3.8) is 0 Å². The van der Waals surface area contributed by atoms with Gasteiger partial charge in [0.05, 0.1) is 16.5 Å². The molecule has 0 aliphatic carbocycles. The normalized spacial score (nSPS) is 10.5. The van der Waals surface area contributed by atoms with E-state index in [1.54, 1.807) is 11.3 Å². The third kappa shape index (κ3) is 3.05. The Morgan fingerprint density at radius 3 is 2.82 bits per heavy atom. The molecule has 0 amide bonds. The van der Waals surface area contributed by atoms with Crippen molar-refractivity contribution in [3.05, 3.63) is 45.4 Å². The first kappa shape index (κ1) is 12.1. The third-order valence-electron chi connectivity index (χ3n) is 2.43. The van der Waals surface area contributed by atoms with Gasteiger partial charge in [0.2, 0.25) is 0 Å². The summed E-state index contributed by atoms with van der Waals surface area (Å²) in [6, 6.07) is 5.81. The number of benzene rings is 1. The van der Waals surface area contributed by atoms with Crippen LogP contribution in [0.4, 0.5) is 0 Å². The summed E-state index contributed by atoms with van der Waals surface area (Å²) in [6.07, 6.45) is 1.83. The monoisotopic (exact) mass is 249 g/mol. The van der Waals surface area contributed by atoms with Crippen LogP contribution in [0.2, 0.25) is 0 Å². The van der Waals surface area contributed by atoms with Gasteiger partial charge in [0.25, 0.3) is 0 Å². The topological polar surface area (TPSA) is 42.4 Å². The lowest BCUT2D eigenvalue weighted by Gasteiger charge is -2.09. The number of ether oxygens (including phenoxy) is 1. The van der Waals surface area contributed by atoms with E-state index in [9.17, 15) is 5.11 Å². The Morgan fingerprint density at radius 2 is 2.18 bits per heavy atom. The van der Waals surface area contributed by atoms with E-state index in [1.807, 2.05) is 38.2 Å². The molecule has 1 aromatic heterocycles. The maximum Gasteiger partial charge on any atom is 0.125 e. The van der Waals surface area contributed by atoms with Crippen LogP contribution < -0.4 is 4.74 Å². The molecular formula is C13H15NO2S. The average Bonchev–Trinajstić information content (AvgIpc) is 2.73. The summed E-state index contributed by atoms with van der Waals surface area (Å²) in [5, 5.41) is 10.3. The highest BCUT2D eigenvalue weighted by Crippen LogP contribution is 2.22. The lowest BCUT2D eigenvalue weighted by Crippen LogP contribution is -1.97. The number of rotatable bonds is 4. The fourth-order valence-corrected chi connectivity index (χ4v) is 2.30. The first-order valence-electron chi connectivity index (χ1n) is 5.43. The van der Waals surface area contributed by atoms with Gasteiger partial charge in [0.1, 0.15) is 12.4 Å². The predicted octanol–water partition coefficient (Wildman–Crippen LogP) is 2.83. The zero-order chi connectivity index (χ0) is 12.3. The van der Waals surface area contributed by atoms with Crippen LogP contribution >= 0.6 is 11.3 Å². The number of aliphatic hydroxyl groups excluding tert-OH is 1. The molecule has 0 saturated carbocycles. The number of aryl methyl sites for hydroxylation is 2. The van der Waals surface area contributed by atoms with Crippen molar-refractivity contribution in [2.24, 2.45) is 0 Å². The summed E-state index contributed by atoms with van der Waals surface area (Å²) in [5.74, 6) is 0.740. The smallest absolute Gasteiger partial charge is 0.125 e. The predicted molar refractivity (Wildman–Crippen MR) is 68.3 cm³/mol. The molecule has 3 nitrogen and oxygen atoms in total. The zero-order valence-electron chi connectivity index (χ0n) is 9.93. The molecule has 2 aromatic rings. The van der Waals surface area contributed by atoms with E-state index in [-0.39, 0.29) is 6.61 Å². The number of thiazole rings is 1. The molecule has 0 atom stereocenters. The summed E-state index contributed by atoms with van der Waals surface area (Å²) in [4.78, 5) is 5.26. The standard InChI is InChI=1S/C13H15NO2S/c1-9-3-4-13(11(5-9)7-15)16-8-12-6-14-10(2)17-12/h3-6,15H,7-8H2,1-2H3. The molecule has 0 aliphatic rings. The van der Waals surface area contributed by atoms with E-state index < -0.39 is 0 Å². The molecule has 0 saturated heterocycles. The Kier molecular flexibility index (Phi) is 3.76. The molecule has 4 heteroatoms. The molecule has 2 rings (SSSR count). The molecular weight excluding hydrogens is 234 g/mol. The first-order chi connectivity index (χ1) is 8.19. The molecule has 0 bridgehead atoms. The quantitative estimate of drug-likeness (QED) is 0.906. The van der Waals surface area contributed by atoms with Crippen molar-refractivity contribution in [2.75, 3.05) is 0 Å². The Hall–Kier alpha value is -1.39. The molecule has 0 aliphatic heterocycles. The lowest BCUT2D eigenvalue weighted by molar-refractivity contribution is 0.260. The Labute approximate surface area is 105 Å². The van der Waals surface area contributed by atoms with Gasteiger partial charge in [0.15, 0.2) is 0 Å². The molecule has 0 fully saturated rings. The first-order valence-corrected chi connectivity index (χ1v) is 6.25. The Bertz CT molecular complexity index is 508. The Morgan fingerprint density at radius 1 is 1.35 bits per heavy atom. The summed E-state index contributed by atoms with van der Waals surface area (Å²) in [7, 11) is 0. The molecule has 0 unspecified atom stereocenters. The van der Waals surface area contributed by atoms with E-state index in [2.05, 4.69) is 4.98 Å². The second-order valence-electron chi connectivity index (χ2n) is 3.90. The fourth-order valence-electron chi connectivity index (χ4n) is 1.59. The molecule has 1 N–H and O–H groups in total.